The summed E-state index contributed by atoms with van der Waals surface area (Å²) in [5.41, 5.74) is 8.41. The monoisotopic (exact) mass is 605 g/mol. The number of thiophene rings is 2. The molecule has 2 aromatic heterocycles. The van der Waals surface area contributed by atoms with Crippen LogP contribution >= 0.6 is 22.7 Å². The predicted octanol–water partition coefficient (Wildman–Crippen LogP) is 10.7. The summed E-state index contributed by atoms with van der Waals surface area (Å²) >= 11 is 3.43. The molecule has 2 heterocycles. The minimum absolute atomic E-state index is 0.162. The Labute approximate surface area is 264 Å². The van der Waals surface area contributed by atoms with E-state index in [-0.39, 0.29) is 22.6 Å². The Bertz CT molecular complexity index is 2060. The van der Waals surface area contributed by atoms with E-state index < -0.39 is 0 Å². The van der Waals surface area contributed by atoms with Gasteiger partial charge in [0.15, 0.2) is 11.6 Å². The molecule has 44 heavy (non-hydrogen) atoms. The van der Waals surface area contributed by atoms with Crippen LogP contribution in [0.2, 0.25) is 0 Å². The minimum atomic E-state index is -0.188. The highest BCUT2D eigenvalue weighted by Gasteiger charge is 2.38. The third-order valence-electron chi connectivity index (χ3n) is 8.68. The molecule has 0 amide bonds. The summed E-state index contributed by atoms with van der Waals surface area (Å²) in [5, 5.41) is 0. The highest BCUT2D eigenvalue weighted by Crippen LogP contribution is 2.55. The maximum atomic E-state index is 12.9. The van der Waals surface area contributed by atoms with Crippen LogP contribution in [0.25, 0.3) is 26.3 Å². The van der Waals surface area contributed by atoms with Crippen LogP contribution in [0.3, 0.4) is 0 Å². The van der Waals surface area contributed by atoms with Crippen molar-refractivity contribution in [2.45, 2.75) is 19.3 Å². The molecule has 4 aromatic carbocycles. The molecule has 0 aliphatic heterocycles. The zero-order valence-corrected chi connectivity index (χ0v) is 25.8. The highest BCUT2D eigenvalue weighted by molar-refractivity contribution is 7.24. The predicted molar refractivity (Wildman–Crippen MR) is 183 cm³/mol. The fourth-order valence-corrected chi connectivity index (χ4v) is 8.81. The van der Waals surface area contributed by atoms with E-state index in [0.717, 1.165) is 26.8 Å². The Morgan fingerprint density at radius 1 is 0.568 bits per heavy atom. The number of carbonyl (C=O) groups is 2. The van der Waals surface area contributed by atoms with Gasteiger partial charge in [0.1, 0.15) is 0 Å². The number of carbonyl (C=O) groups excluding carboxylic acids is 2. The molecule has 0 radical (unpaired) electrons. The second-order valence-electron chi connectivity index (χ2n) is 11.7. The van der Waals surface area contributed by atoms with E-state index in [1.54, 1.807) is 41.7 Å². The van der Waals surface area contributed by atoms with Gasteiger partial charge in [-0.25, -0.2) is 0 Å². The van der Waals surface area contributed by atoms with Gasteiger partial charge in [0.25, 0.3) is 0 Å². The fraction of sp³-hybridized carbons (Fsp3) is 0.0769. The SMILES string of the molecule is CC1(C)c2cc(N(c3ccccc3)c3ccccc3)ccc2-c2sc(-c3ccc(C=C4C(=O)c5ccccc5C4=O)s3)cc21. The second kappa shape index (κ2) is 10.1. The van der Waals surface area contributed by atoms with Gasteiger partial charge >= 0.3 is 0 Å². The number of Topliss-reactive ketones (excluding diaryl/α,β-unsaturated/α-hetero) is 2. The minimum Gasteiger partial charge on any atom is -0.310 e. The van der Waals surface area contributed by atoms with Crippen molar-refractivity contribution >= 4 is 57.4 Å². The standard InChI is InChI=1S/C39H27NO2S2/c1-39(2)32-21-26(40(24-11-5-3-6-12-24)25-13-7-4-8-14-25)17-19-30(32)38-33(39)23-35(44-38)34-20-18-27(43-34)22-31-36(41)28-15-9-10-16-29(28)37(31)42/h3-23H,1-2H3. The van der Waals surface area contributed by atoms with Crippen LogP contribution in [0.15, 0.2) is 127 Å². The van der Waals surface area contributed by atoms with Crippen LogP contribution in [-0.2, 0) is 5.41 Å². The van der Waals surface area contributed by atoms with Gasteiger partial charge in [0.05, 0.1) is 5.57 Å². The van der Waals surface area contributed by atoms with Gasteiger partial charge < -0.3 is 4.90 Å². The average Bonchev–Trinajstić information content (AvgIpc) is 3.80. The third-order valence-corrected chi connectivity index (χ3v) is 11.1. The zero-order chi connectivity index (χ0) is 30.0. The van der Waals surface area contributed by atoms with E-state index in [4.69, 9.17) is 0 Å². The number of para-hydroxylation sites is 2. The van der Waals surface area contributed by atoms with Gasteiger partial charge in [-0.15, -0.1) is 22.7 Å². The van der Waals surface area contributed by atoms with Crippen LogP contribution in [-0.4, -0.2) is 11.6 Å². The van der Waals surface area contributed by atoms with Crippen molar-refractivity contribution in [1.29, 1.82) is 0 Å². The van der Waals surface area contributed by atoms with Crippen LogP contribution in [0.1, 0.15) is 50.6 Å². The Balaban J connectivity index is 1.14. The maximum absolute atomic E-state index is 12.9. The average molecular weight is 606 g/mol. The van der Waals surface area contributed by atoms with Crippen molar-refractivity contribution < 1.29 is 9.59 Å². The molecule has 8 rings (SSSR count). The molecule has 0 spiro atoms. The molecule has 3 nitrogen and oxygen atoms in total. The summed E-state index contributed by atoms with van der Waals surface area (Å²) in [4.78, 5) is 32.7. The van der Waals surface area contributed by atoms with Crippen molar-refractivity contribution in [3.63, 3.8) is 0 Å². The van der Waals surface area contributed by atoms with Crippen LogP contribution in [0.4, 0.5) is 17.1 Å². The van der Waals surface area contributed by atoms with Crippen LogP contribution in [0.5, 0.6) is 0 Å². The van der Waals surface area contributed by atoms with Gasteiger partial charge in [-0.3, -0.25) is 9.59 Å². The van der Waals surface area contributed by atoms with Crippen molar-refractivity contribution in [2.24, 2.45) is 0 Å². The van der Waals surface area contributed by atoms with Crippen molar-refractivity contribution in [2.75, 3.05) is 4.90 Å². The van der Waals surface area contributed by atoms with E-state index in [1.807, 2.05) is 29.5 Å². The number of benzene rings is 4. The summed E-state index contributed by atoms with van der Waals surface area (Å²) in [6.07, 6.45) is 1.76. The molecule has 0 saturated carbocycles. The van der Waals surface area contributed by atoms with Crippen molar-refractivity contribution in [1.82, 2.24) is 0 Å². The molecule has 2 aliphatic carbocycles. The van der Waals surface area contributed by atoms with Crippen molar-refractivity contribution in [3.05, 3.63) is 154 Å². The lowest BCUT2D eigenvalue weighted by molar-refractivity contribution is 0.0990. The summed E-state index contributed by atoms with van der Waals surface area (Å²) in [7, 11) is 0. The molecule has 0 fully saturated rings. The van der Waals surface area contributed by atoms with E-state index in [9.17, 15) is 9.59 Å². The fourth-order valence-electron chi connectivity index (χ4n) is 6.42. The molecule has 0 atom stereocenters. The van der Waals surface area contributed by atoms with E-state index in [1.165, 1.54) is 26.4 Å². The second-order valence-corrected chi connectivity index (χ2v) is 13.8. The third kappa shape index (κ3) is 4.15. The lowest BCUT2D eigenvalue weighted by atomic mass is 9.82. The van der Waals surface area contributed by atoms with Gasteiger partial charge in [-0.05, 0) is 77.4 Å². The van der Waals surface area contributed by atoms with Crippen LogP contribution < -0.4 is 4.90 Å². The van der Waals surface area contributed by atoms with Gasteiger partial charge in [-0.1, -0.05) is 80.6 Å². The first kappa shape index (κ1) is 26.8. The molecule has 0 N–H and O–H groups in total. The molecule has 212 valence electrons. The van der Waals surface area contributed by atoms with Gasteiger partial charge in [-0.2, -0.15) is 0 Å². The Morgan fingerprint density at radius 3 is 1.82 bits per heavy atom. The molecular formula is C39H27NO2S2. The molecular weight excluding hydrogens is 579 g/mol. The van der Waals surface area contributed by atoms with Crippen LogP contribution in [0, 0.1) is 0 Å². The number of ketones is 2. The number of allylic oxidation sites excluding steroid dienone is 1. The van der Waals surface area contributed by atoms with E-state index in [0.29, 0.717) is 11.1 Å². The molecule has 2 aliphatic rings. The lowest BCUT2D eigenvalue weighted by Gasteiger charge is -2.28. The quantitative estimate of drug-likeness (QED) is 0.145. The Morgan fingerprint density at radius 2 is 1.18 bits per heavy atom. The summed E-state index contributed by atoms with van der Waals surface area (Å²) in [6, 6.07) is 41.4. The number of rotatable bonds is 5. The molecule has 0 bridgehead atoms. The van der Waals surface area contributed by atoms with Gasteiger partial charge in [0.2, 0.25) is 0 Å². The first-order valence-corrected chi connectivity index (χ1v) is 16.2. The normalized spacial score (nSPS) is 14.4. The van der Waals surface area contributed by atoms with E-state index >= 15 is 0 Å². The smallest absolute Gasteiger partial charge is 0.197 e. The number of nitrogens with zero attached hydrogens (tertiary/aromatic N) is 1. The molecule has 0 saturated heterocycles. The summed E-state index contributed by atoms with van der Waals surface area (Å²) in [6.45, 7) is 4.62. The number of anilines is 3. The lowest BCUT2D eigenvalue weighted by Crippen LogP contribution is -2.16. The topological polar surface area (TPSA) is 37.4 Å². The Kier molecular flexibility index (Phi) is 6.16. The molecule has 0 unspecified atom stereocenters. The number of hydrogen-bond donors (Lipinski definition) is 0. The van der Waals surface area contributed by atoms with Crippen molar-refractivity contribution in [3.8, 4) is 20.2 Å². The number of fused-ring (bicyclic) bond motifs is 4. The maximum Gasteiger partial charge on any atom is 0.197 e. The summed E-state index contributed by atoms with van der Waals surface area (Å²) < 4.78 is 0. The number of hydrogen-bond acceptors (Lipinski definition) is 5. The first-order valence-electron chi connectivity index (χ1n) is 14.6. The first-order chi connectivity index (χ1) is 21.4. The molecule has 6 aromatic rings. The van der Waals surface area contributed by atoms with Gasteiger partial charge in [0, 0.05) is 53.1 Å². The zero-order valence-electron chi connectivity index (χ0n) is 24.2. The summed E-state index contributed by atoms with van der Waals surface area (Å²) in [5.74, 6) is -0.377. The van der Waals surface area contributed by atoms with E-state index in [2.05, 4.69) is 97.6 Å². The Hall–Kier alpha value is -4.84. The largest absolute Gasteiger partial charge is 0.310 e. The highest BCUT2D eigenvalue weighted by atomic mass is 32.1. The molecule has 5 heteroatoms.